The molecule has 0 bridgehead atoms. The summed E-state index contributed by atoms with van der Waals surface area (Å²) in [6.07, 6.45) is 5.44. The van der Waals surface area contributed by atoms with Gasteiger partial charge in [0.15, 0.2) is 0 Å². The lowest BCUT2D eigenvalue weighted by Gasteiger charge is -2.34. The van der Waals surface area contributed by atoms with Crippen LogP contribution in [0.2, 0.25) is 0 Å². The summed E-state index contributed by atoms with van der Waals surface area (Å²) in [5, 5.41) is 4.26. The topological polar surface area (TPSA) is 67.7 Å². The number of piperidine rings is 1. The van der Waals surface area contributed by atoms with Crippen molar-refractivity contribution in [1.82, 2.24) is 18.4 Å². The molecule has 7 nitrogen and oxygen atoms in total. The number of rotatable bonds is 7. The summed E-state index contributed by atoms with van der Waals surface area (Å²) >= 11 is 0. The first-order chi connectivity index (χ1) is 12.5. The van der Waals surface area contributed by atoms with Gasteiger partial charge in [-0.3, -0.25) is 0 Å². The molecule has 0 radical (unpaired) electrons. The fraction of sp³-hybridized carbons (Fsp3) is 0.500. The maximum atomic E-state index is 13.0. The minimum Gasteiger partial charge on any atom is -0.384 e. The second-order valence-corrected chi connectivity index (χ2v) is 8.70. The van der Waals surface area contributed by atoms with Crippen LogP contribution in [0.4, 0.5) is 0 Å². The van der Waals surface area contributed by atoms with Crippen molar-refractivity contribution in [1.29, 1.82) is 0 Å². The maximum Gasteiger partial charge on any atom is 0.282 e. The van der Waals surface area contributed by atoms with Gasteiger partial charge in [0.25, 0.3) is 10.2 Å². The van der Waals surface area contributed by atoms with Crippen molar-refractivity contribution < 1.29 is 13.2 Å². The molecule has 2 heterocycles. The summed E-state index contributed by atoms with van der Waals surface area (Å²) in [7, 11) is -0.223. The Kier molecular flexibility index (Phi) is 6.08. The lowest BCUT2D eigenvalue weighted by atomic mass is 10.0. The molecule has 26 heavy (non-hydrogen) atoms. The normalized spacial score (nSPS) is 19.1. The van der Waals surface area contributed by atoms with E-state index in [9.17, 15) is 8.42 Å². The molecule has 0 unspecified atom stereocenters. The van der Waals surface area contributed by atoms with Crippen molar-refractivity contribution in [2.45, 2.75) is 19.4 Å². The van der Waals surface area contributed by atoms with Crippen LogP contribution in [-0.4, -0.2) is 60.7 Å². The molecule has 1 saturated heterocycles. The molecule has 0 aliphatic carbocycles. The summed E-state index contributed by atoms with van der Waals surface area (Å²) in [5.41, 5.74) is 1.79. The van der Waals surface area contributed by atoms with E-state index in [1.165, 1.54) is 4.31 Å². The third-order valence-corrected chi connectivity index (χ3v) is 6.64. The Labute approximate surface area is 155 Å². The number of ether oxygens (including phenoxy) is 1. The van der Waals surface area contributed by atoms with Crippen LogP contribution in [0.1, 0.15) is 18.4 Å². The predicted molar refractivity (Wildman–Crippen MR) is 100 cm³/mol. The largest absolute Gasteiger partial charge is 0.384 e. The van der Waals surface area contributed by atoms with Crippen LogP contribution in [0.3, 0.4) is 0 Å². The van der Waals surface area contributed by atoms with Crippen LogP contribution in [-0.2, 0) is 21.5 Å². The lowest BCUT2D eigenvalue weighted by molar-refractivity contribution is 0.116. The minimum atomic E-state index is -3.52. The highest BCUT2D eigenvalue weighted by Crippen LogP contribution is 2.23. The molecule has 1 aliphatic rings. The number of nitrogens with zero attached hydrogens (tertiary/aromatic N) is 4. The van der Waals surface area contributed by atoms with E-state index in [0.29, 0.717) is 26.2 Å². The molecule has 8 heteroatoms. The van der Waals surface area contributed by atoms with Gasteiger partial charge in [-0.2, -0.15) is 22.1 Å². The highest BCUT2D eigenvalue weighted by molar-refractivity contribution is 7.86. The van der Waals surface area contributed by atoms with E-state index in [4.69, 9.17) is 4.74 Å². The van der Waals surface area contributed by atoms with Crippen molar-refractivity contribution in [2.75, 3.05) is 33.9 Å². The zero-order chi connectivity index (χ0) is 18.6. The monoisotopic (exact) mass is 378 g/mol. The van der Waals surface area contributed by atoms with Crippen molar-refractivity contribution in [2.24, 2.45) is 5.92 Å². The standard InChI is InChI=1S/C18H26N4O3S/c1-20(26(23,24)21-11-5-7-16(13-21)15-25-2)14-17-8-3-4-9-18(17)22-12-6-10-19-22/h3-4,6,8-10,12,16H,5,7,11,13-15H2,1-2H3/t16-/m0/s1. The van der Waals surface area contributed by atoms with Crippen LogP contribution in [0, 0.1) is 5.92 Å². The summed E-state index contributed by atoms with van der Waals surface area (Å²) < 4.78 is 36.0. The van der Waals surface area contributed by atoms with Gasteiger partial charge in [0.05, 0.1) is 12.3 Å². The number of para-hydroxylation sites is 1. The Morgan fingerprint density at radius 1 is 1.31 bits per heavy atom. The highest BCUT2D eigenvalue weighted by atomic mass is 32.2. The molecule has 1 aromatic carbocycles. The van der Waals surface area contributed by atoms with E-state index in [1.54, 1.807) is 29.3 Å². The molecule has 1 fully saturated rings. The molecular weight excluding hydrogens is 352 g/mol. The molecule has 0 saturated carbocycles. The van der Waals surface area contributed by atoms with Gasteiger partial charge in [-0.05, 0) is 36.5 Å². The molecule has 0 N–H and O–H groups in total. The average molecular weight is 378 g/mol. The van der Waals surface area contributed by atoms with Gasteiger partial charge in [0.1, 0.15) is 0 Å². The van der Waals surface area contributed by atoms with E-state index in [2.05, 4.69) is 5.10 Å². The molecule has 3 rings (SSSR count). The number of methoxy groups -OCH3 is 1. The van der Waals surface area contributed by atoms with E-state index in [-0.39, 0.29) is 5.92 Å². The second-order valence-electron chi connectivity index (χ2n) is 6.66. The smallest absolute Gasteiger partial charge is 0.282 e. The Balaban J connectivity index is 1.76. The third kappa shape index (κ3) is 4.15. The molecule has 142 valence electrons. The lowest BCUT2D eigenvalue weighted by Crippen LogP contribution is -2.47. The third-order valence-electron chi connectivity index (χ3n) is 4.74. The Morgan fingerprint density at radius 2 is 2.12 bits per heavy atom. The molecule has 0 spiro atoms. The minimum absolute atomic E-state index is 0.258. The summed E-state index contributed by atoms with van der Waals surface area (Å²) in [5.74, 6) is 0.258. The molecule has 0 amide bonds. The zero-order valence-corrected chi connectivity index (χ0v) is 16.1. The van der Waals surface area contributed by atoms with Crippen LogP contribution in [0.5, 0.6) is 0 Å². The fourth-order valence-electron chi connectivity index (χ4n) is 3.41. The SMILES string of the molecule is COC[C@H]1CCCN(S(=O)(=O)N(C)Cc2ccccc2-n2cccn2)C1. The van der Waals surface area contributed by atoms with Gasteiger partial charge in [-0.25, -0.2) is 4.68 Å². The number of hydrogen-bond acceptors (Lipinski definition) is 4. The van der Waals surface area contributed by atoms with E-state index in [1.807, 2.05) is 36.5 Å². The summed E-state index contributed by atoms with van der Waals surface area (Å²) in [6, 6.07) is 9.57. The van der Waals surface area contributed by atoms with Crippen molar-refractivity contribution in [3.05, 3.63) is 48.3 Å². The molecule has 1 atom stereocenters. The second kappa shape index (κ2) is 8.30. The van der Waals surface area contributed by atoms with Gasteiger partial charge >= 0.3 is 0 Å². The van der Waals surface area contributed by atoms with E-state index >= 15 is 0 Å². The molecule has 1 aromatic heterocycles. The first kappa shape index (κ1) is 19.0. The van der Waals surface area contributed by atoms with E-state index < -0.39 is 10.2 Å². The van der Waals surface area contributed by atoms with Gasteiger partial charge in [0.2, 0.25) is 0 Å². The van der Waals surface area contributed by atoms with Crippen molar-refractivity contribution in [3.63, 3.8) is 0 Å². The Bertz CT molecular complexity index is 806. The van der Waals surface area contributed by atoms with Gasteiger partial charge in [-0.1, -0.05) is 18.2 Å². The molecule has 1 aliphatic heterocycles. The summed E-state index contributed by atoms with van der Waals surface area (Å²) in [6.45, 7) is 1.97. The predicted octanol–water partition coefficient (Wildman–Crippen LogP) is 1.91. The van der Waals surface area contributed by atoms with Crippen molar-refractivity contribution >= 4 is 10.2 Å². The number of hydrogen-bond donors (Lipinski definition) is 0. The van der Waals surface area contributed by atoms with Gasteiger partial charge < -0.3 is 4.74 Å². The van der Waals surface area contributed by atoms with Crippen molar-refractivity contribution in [3.8, 4) is 5.69 Å². The van der Waals surface area contributed by atoms with Crippen LogP contribution in [0.25, 0.3) is 5.69 Å². The number of aromatic nitrogens is 2. The van der Waals surface area contributed by atoms with Crippen LogP contribution < -0.4 is 0 Å². The fourth-order valence-corrected chi connectivity index (χ4v) is 4.86. The van der Waals surface area contributed by atoms with Gasteiger partial charge in [0, 0.05) is 46.2 Å². The van der Waals surface area contributed by atoms with E-state index in [0.717, 1.165) is 24.1 Å². The van der Waals surface area contributed by atoms with Crippen LogP contribution >= 0.6 is 0 Å². The Hall–Kier alpha value is -1.74. The average Bonchev–Trinajstić information content (AvgIpc) is 3.17. The molecular formula is C18H26N4O3S. The van der Waals surface area contributed by atoms with Crippen LogP contribution in [0.15, 0.2) is 42.7 Å². The van der Waals surface area contributed by atoms with Gasteiger partial charge in [-0.15, -0.1) is 0 Å². The zero-order valence-electron chi connectivity index (χ0n) is 15.3. The Morgan fingerprint density at radius 3 is 2.85 bits per heavy atom. The maximum absolute atomic E-state index is 13.0. The first-order valence-corrected chi connectivity index (χ1v) is 10.2. The summed E-state index contributed by atoms with van der Waals surface area (Å²) in [4.78, 5) is 0. The first-order valence-electron chi connectivity index (χ1n) is 8.80. The quantitative estimate of drug-likeness (QED) is 0.738. The highest BCUT2D eigenvalue weighted by Gasteiger charge is 2.32. The molecule has 2 aromatic rings. The number of benzene rings is 1.